The van der Waals surface area contributed by atoms with Crippen LogP contribution in [0.15, 0.2) is 0 Å². The molecule has 0 spiro atoms. The van der Waals surface area contributed by atoms with Gasteiger partial charge in [-0.3, -0.25) is 4.90 Å². The van der Waals surface area contributed by atoms with Crippen LogP contribution in [-0.4, -0.2) is 51.7 Å². The molecule has 3 heterocycles. The Kier molecular flexibility index (Phi) is 3.71. The summed E-state index contributed by atoms with van der Waals surface area (Å²) in [5.41, 5.74) is 0. The summed E-state index contributed by atoms with van der Waals surface area (Å²) >= 11 is 0. The van der Waals surface area contributed by atoms with Gasteiger partial charge in [0.2, 0.25) is 0 Å². The highest BCUT2D eigenvalue weighted by Crippen LogP contribution is 2.27. The highest BCUT2D eigenvalue weighted by Gasteiger charge is 2.47. The van der Waals surface area contributed by atoms with E-state index in [0.29, 0.717) is 0 Å². The van der Waals surface area contributed by atoms with Gasteiger partial charge in [0, 0.05) is 25.7 Å². The van der Waals surface area contributed by atoms with E-state index in [-0.39, 0.29) is 18.3 Å². The Morgan fingerprint density at radius 1 is 0.938 bits per heavy atom. The van der Waals surface area contributed by atoms with Gasteiger partial charge in [-0.1, -0.05) is 6.92 Å². The minimum Gasteiger partial charge on any atom is -0.369 e. The lowest BCUT2D eigenvalue weighted by Crippen LogP contribution is -2.61. The summed E-state index contributed by atoms with van der Waals surface area (Å²) in [6.07, 6.45) is 0.643. The van der Waals surface area contributed by atoms with Crippen molar-refractivity contribution in [2.45, 2.75) is 52.1 Å². The molecule has 3 aliphatic rings. The minimum atomic E-state index is -2.42. The Bertz CT molecular complexity index is 215. The fourth-order valence-corrected chi connectivity index (χ4v) is 5.41. The molecule has 0 radical (unpaired) electrons. The van der Waals surface area contributed by atoms with E-state index in [0.717, 1.165) is 25.7 Å². The summed E-state index contributed by atoms with van der Waals surface area (Å²) in [4.78, 5) is 2.38. The predicted molar refractivity (Wildman–Crippen MR) is 64.3 cm³/mol. The summed E-state index contributed by atoms with van der Waals surface area (Å²) < 4.78 is 18.3. The summed E-state index contributed by atoms with van der Waals surface area (Å²) in [6.45, 7) is 11.4. The van der Waals surface area contributed by atoms with Crippen molar-refractivity contribution in [2.24, 2.45) is 0 Å². The quantitative estimate of drug-likeness (QED) is 0.655. The zero-order chi connectivity index (χ0) is 11.8. The van der Waals surface area contributed by atoms with Crippen LogP contribution in [0.5, 0.6) is 0 Å². The lowest BCUT2D eigenvalue weighted by atomic mass is 10.2. The van der Waals surface area contributed by atoms with Gasteiger partial charge in [-0.2, -0.15) is 0 Å². The van der Waals surface area contributed by atoms with E-state index in [9.17, 15) is 0 Å². The fraction of sp³-hybridized carbons (Fsp3) is 1.00. The van der Waals surface area contributed by atoms with Crippen molar-refractivity contribution in [3.63, 3.8) is 0 Å². The second-order valence-corrected chi connectivity index (χ2v) is 7.82. The number of hydrogen-bond acceptors (Lipinski definition) is 4. The molecule has 94 valence electrons. The van der Waals surface area contributed by atoms with Crippen LogP contribution in [0.4, 0.5) is 0 Å². The van der Waals surface area contributed by atoms with Crippen molar-refractivity contribution in [2.75, 3.05) is 19.6 Å². The van der Waals surface area contributed by atoms with E-state index in [2.05, 4.69) is 32.6 Å². The maximum absolute atomic E-state index is 6.09. The molecular weight excluding hydrogens is 222 g/mol. The van der Waals surface area contributed by atoms with Crippen LogP contribution in [0.25, 0.3) is 0 Å². The van der Waals surface area contributed by atoms with Gasteiger partial charge in [-0.15, -0.1) is 0 Å². The second kappa shape index (κ2) is 4.74. The highest BCUT2D eigenvalue weighted by molar-refractivity contribution is 6.60. The minimum absolute atomic E-state index is 0.214. The summed E-state index contributed by atoms with van der Waals surface area (Å²) in [5.74, 6) is 0. The first kappa shape index (κ1) is 12.5. The van der Waals surface area contributed by atoms with Crippen LogP contribution in [0.1, 0.15) is 27.7 Å². The average molecular weight is 245 g/mol. The molecule has 0 N–H and O–H groups in total. The molecule has 0 saturated carbocycles. The molecule has 16 heavy (non-hydrogen) atoms. The van der Waals surface area contributed by atoms with E-state index >= 15 is 0 Å². The number of nitrogens with zero attached hydrogens (tertiary/aromatic N) is 1. The highest BCUT2D eigenvalue weighted by atomic mass is 28.4. The zero-order valence-corrected chi connectivity index (χ0v) is 11.7. The van der Waals surface area contributed by atoms with E-state index in [1.54, 1.807) is 0 Å². The maximum Gasteiger partial charge on any atom is 0.501 e. The monoisotopic (exact) mass is 245 g/mol. The van der Waals surface area contributed by atoms with E-state index < -0.39 is 8.80 Å². The predicted octanol–water partition coefficient (Wildman–Crippen LogP) is 1.49. The summed E-state index contributed by atoms with van der Waals surface area (Å²) in [6, 6.07) is 0.867. The maximum atomic E-state index is 6.09. The molecule has 0 aliphatic carbocycles. The molecule has 0 aromatic carbocycles. The number of hydrogen-bond donors (Lipinski definition) is 0. The van der Waals surface area contributed by atoms with Gasteiger partial charge in [0.15, 0.2) is 0 Å². The van der Waals surface area contributed by atoms with Crippen molar-refractivity contribution in [3.05, 3.63) is 0 Å². The first-order valence-electron chi connectivity index (χ1n) is 6.29. The third kappa shape index (κ3) is 2.65. The molecule has 3 unspecified atom stereocenters. The third-order valence-electron chi connectivity index (χ3n) is 3.12. The lowest BCUT2D eigenvalue weighted by molar-refractivity contribution is -0.0783. The molecule has 3 fully saturated rings. The lowest BCUT2D eigenvalue weighted by Gasteiger charge is -2.45. The van der Waals surface area contributed by atoms with Crippen LogP contribution in [0.3, 0.4) is 0 Å². The van der Waals surface area contributed by atoms with Crippen molar-refractivity contribution in [1.29, 1.82) is 0 Å². The van der Waals surface area contributed by atoms with Gasteiger partial charge in [0.1, 0.15) is 0 Å². The molecule has 3 rings (SSSR count). The number of fused-ring (bicyclic) bond motifs is 6. The van der Waals surface area contributed by atoms with Gasteiger partial charge in [0.25, 0.3) is 0 Å². The van der Waals surface area contributed by atoms with Crippen molar-refractivity contribution >= 4 is 8.80 Å². The Morgan fingerprint density at radius 2 is 1.31 bits per heavy atom. The Balaban J connectivity index is 2.24. The fourth-order valence-electron chi connectivity index (χ4n) is 2.68. The van der Waals surface area contributed by atoms with Crippen LogP contribution < -0.4 is 0 Å². The van der Waals surface area contributed by atoms with Crippen LogP contribution in [-0.2, 0) is 13.3 Å². The average Bonchev–Trinajstić information content (AvgIpc) is 2.11. The number of rotatable bonds is 1. The van der Waals surface area contributed by atoms with Gasteiger partial charge in [-0.05, 0) is 20.8 Å². The third-order valence-corrected chi connectivity index (χ3v) is 6.27. The van der Waals surface area contributed by atoms with Gasteiger partial charge in [0.05, 0.1) is 18.3 Å². The van der Waals surface area contributed by atoms with Gasteiger partial charge in [-0.25, -0.2) is 0 Å². The van der Waals surface area contributed by atoms with Gasteiger partial charge < -0.3 is 13.3 Å². The molecule has 3 saturated heterocycles. The molecule has 3 aliphatic heterocycles. The smallest absolute Gasteiger partial charge is 0.369 e. The first-order valence-corrected chi connectivity index (χ1v) is 8.22. The topological polar surface area (TPSA) is 30.9 Å². The van der Waals surface area contributed by atoms with E-state index in [1.165, 1.54) is 0 Å². The van der Waals surface area contributed by atoms with E-state index in [4.69, 9.17) is 13.3 Å². The molecule has 5 heteroatoms. The largest absolute Gasteiger partial charge is 0.501 e. The SMILES string of the molecule is CC[Si]12OC(C)CN(CC(C)O1)CC(C)O2. The molecular formula is C11H23NO3Si. The molecule has 4 nitrogen and oxygen atoms in total. The van der Waals surface area contributed by atoms with Crippen LogP contribution >= 0.6 is 0 Å². The van der Waals surface area contributed by atoms with Gasteiger partial charge >= 0.3 is 8.80 Å². The Hall–Kier alpha value is 0.0569. The van der Waals surface area contributed by atoms with Crippen molar-refractivity contribution < 1.29 is 13.3 Å². The molecule has 0 aromatic heterocycles. The molecule has 2 bridgehead atoms. The molecule has 0 amide bonds. The summed E-state index contributed by atoms with van der Waals surface area (Å²) in [5, 5.41) is 0. The van der Waals surface area contributed by atoms with Crippen LogP contribution in [0, 0.1) is 0 Å². The Morgan fingerprint density at radius 3 is 1.62 bits per heavy atom. The molecule has 3 atom stereocenters. The first-order chi connectivity index (χ1) is 7.53. The van der Waals surface area contributed by atoms with Crippen LogP contribution in [0.2, 0.25) is 6.04 Å². The Labute approximate surface area is 99.2 Å². The van der Waals surface area contributed by atoms with Crippen molar-refractivity contribution in [1.82, 2.24) is 4.90 Å². The van der Waals surface area contributed by atoms with E-state index in [1.807, 2.05) is 0 Å². The molecule has 0 aromatic rings. The van der Waals surface area contributed by atoms with Crippen molar-refractivity contribution in [3.8, 4) is 0 Å². The normalized spacial score (nSPS) is 49.5. The second-order valence-electron chi connectivity index (χ2n) is 5.04. The summed E-state index contributed by atoms with van der Waals surface area (Å²) in [7, 11) is -2.42. The standard InChI is InChI=1S/C11H23NO3Si/c1-5-16-13-9(2)6-12(7-10(3)14-16)8-11(4)15-16/h9-11H,5-8H2,1-4H3. The zero-order valence-electron chi connectivity index (χ0n) is 10.7.